The van der Waals surface area contributed by atoms with E-state index in [0.717, 1.165) is 6.54 Å². The molecule has 18 heavy (non-hydrogen) atoms. The normalized spacial score (nSPS) is 18.5. The second-order valence-electron chi connectivity index (χ2n) is 5.34. The molecule has 3 rings (SSSR count). The number of aliphatic hydroxyl groups is 1. The highest BCUT2D eigenvalue weighted by Crippen LogP contribution is 2.15. The summed E-state index contributed by atoms with van der Waals surface area (Å²) in [5, 5.41) is 11.4. The number of rotatable bonds is 4. The lowest BCUT2D eigenvalue weighted by atomic mass is 10.2. The van der Waals surface area contributed by atoms with E-state index in [4.69, 9.17) is 0 Å². The maximum atomic E-state index is 10.2. The summed E-state index contributed by atoms with van der Waals surface area (Å²) in [6.45, 7) is 4.04. The molecule has 2 heterocycles. The van der Waals surface area contributed by atoms with Gasteiger partial charge in [-0.2, -0.15) is 0 Å². The van der Waals surface area contributed by atoms with E-state index in [1.54, 1.807) is 4.90 Å². The smallest absolute Gasteiger partial charge is 0.121 e. The minimum Gasteiger partial charge on any atom is -0.385 e. The Morgan fingerprint density at radius 2 is 1.94 bits per heavy atom. The summed E-state index contributed by atoms with van der Waals surface area (Å²) in [5.74, 6) is 0. The van der Waals surface area contributed by atoms with E-state index in [9.17, 15) is 5.11 Å². The SMILES string of the molecule is O[C@H](Cn1ccc2ccccc21)C[NH+]1CCCC1. The molecule has 1 aliphatic rings. The van der Waals surface area contributed by atoms with Crippen LogP contribution in [0.4, 0.5) is 0 Å². The fourth-order valence-electron chi connectivity index (χ4n) is 3.00. The van der Waals surface area contributed by atoms with Gasteiger partial charge < -0.3 is 14.6 Å². The van der Waals surface area contributed by atoms with Gasteiger partial charge in [-0.1, -0.05) is 18.2 Å². The summed E-state index contributed by atoms with van der Waals surface area (Å²) in [6.07, 6.45) is 4.46. The van der Waals surface area contributed by atoms with Gasteiger partial charge in [0.05, 0.1) is 19.6 Å². The molecule has 0 saturated carbocycles. The number of nitrogens with one attached hydrogen (secondary N) is 1. The number of hydrogen-bond donors (Lipinski definition) is 2. The van der Waals surface area contributed by atoms with Crippen LogP contribution in [0.5, 0.6) is 0 Å². The van der Waals surface area contributed by atoms with Crippen LogP contribution in [0.2, 0.25) is 0 Å². The van der Waals surface area contributed by atoms with Crippen LogP contribution < -0.4 is 4.90 Å². The standard InChI is InChI=1S/C15H20N2O/c18-14(11-16-8-3-4-9-16)12-17-10-7-13-5-1-2-6-15(13)17/h1-2,5-7,10,14,18H,3-4,8-9,11-12H2/p+1/t14-/m0/s1. The van der Waals surface area contributed by atoms with E-state index in [1.807, 2.05) is 0 Å². The van der Waals surface area contributed by atoms with Gasteiger partial charge in [-0.25, -0.2) is 0 Å². The van der Waals surface area contributed by atoms with Crippen LogP contribution in [0, 0.1) is 0 Å². The number of para-hydroxylation sites is 1. The Hall–Kier alpha value is -1.32. The summed E-state index contributed by atoms with van der Waals surface area (Å²) >= 11 is 0. The van der Waals surface area contributed by atoms with Crippen molar-refractivity contribution in [3.63, 3.8) is 0 Å². The zero-order valence-electron chi connectivity index (χ0n) is 10.7. The van der Waals surface area contributed by atoms with Gasteiger partial charge in [0.2, 0.25) is 0 Å². The predicted octanol–water partition coefficient (Wildman–Crippen LogP) is 0.681. The van der Waals surface area contributed by atoms with Gasteiger partial charge in [0, 0.05) is 24.6 Å². The van der Waals surface area contributed by atoms with E-state index in [2.05, 4.69) is 41.1 Å². The highest BCUT2D eigenvalue weighted by molar-refractivity contribution is 5.79. The van der Waals surface area contributed by atoms with Gasteiger partial charge in [-0.15, -0.1) is 0 Å². The second-order valence-corrected chi connectivity index (χ2v) is 5.34. The van der Waals surface area contributed by atoms with E-state index < -0.39 is 0 Å². The molecule has 1 fully saturated rings. The quantitative estimate of drug-likeness (QED) is 0.815. The minimum atomic E-state index is -0.242. The van der Waals surface area contributed by atoms with Gasteiger partial charge in [0.15, 0.2) is 0 Å². The van der Waals surface area contributed by atoms with Crippen molar-refractivity contribution >= 4 is 10.9 Å². The van der Waals surface area contributed by atoms with Gasteiger partial charge in [0.25, 0.3) is 0 Å². The van der Waals surface area contributed by atoms with Crippen molar-refractivity contribution in [1.29, 1.82) is 0 Å². The van der Waals surface area contributed by atoms with Crippen LogP contribution in [-0.4, -0.2) is 35.4 Å². The van der Waals surface area contributed by atoms with Crippen LogP contribution in [0.25, 0.3) is 10.9 Å². The largest absolute Gasteiger partial charge is 0.385 e. The Kier molecular flexibility index (Phi) is 3.35. The summed E-state index contributed by atoms with van der Waals surface area (Å²) in [6, 6.07) is 10.5. The molecule has 3 heteroatoms. The van der Waals surface area contributed by atoms with Crippen LogP contribution in [0.1, 0.15) is 12.8 Å². The third kappa shape index (κ3) is 2.42. The Morgan fingerprint density at radius 3 is 2.78 bits per heavy atom. The Bertz CT molecular complexity index is 514. The Labute approximate surface area is 108 Å². The lowest BCUT2D eigenvalue weighted by Crippen LogP contribution is -3.11. The lowest BCUT2D eigenvalue weighted by Gasteiger charge is -2.17. The average Bonchev–Trinajstić information content (AvgIpc) is 3.00. The molecule has 1 aromatic heterocycles. The monoisotopic (exact) mass is 245 g/mol. The highest BCUT2D eigenvalue weighted by Gasteiger charge is 2.19. The number of aliphatic hydroxyl groups excluding tert-OH is 1. The van der Waals surface area contributed by atoms with E-state index in [-0.39, 0.29) is 6.10 Å². The number of likely N-dealkylation sites (tertiary alicyclic amines) is 1. The summed E-state index contributed by atoms with van der Waals surface area (Å²) in [7, 11) is 0. The summed E-state index contributed by atoms with van der Waals surface area (Å²) in [5.41, 5.74) is 1.22. The first-order valence-corrected chi connectivity index (χ1v) is 6.88. The molecule has 2 N–H and O–H groups in total. The molecule has 0 radical (unpaired) electrons. The zero-order chi connectivity index (χ0) is 12.4. The second kappa shape index (κ2) is 5.12. The van der Waals surface area contributed by atoms with Crippen molar-refractivity contribution < 1.29 is 10.0 Å². The van der Waals surface area contributed by atoms with Crippen LogP contribution in [-0.2, 0) is 6.54 Å². The van der Waals surface area contributed by atoms with E-state index in [1.165, 1.54) is 36.8 Å². The topological polar surface area (TPSA) is 29.6 Å². The summed E-state index contributed by atoms with van der Waals surface area (Å²) in [4.78, 5) is 1.55. The predicted molar refractivity (Wildman–Crippen MR) is 72.7 cm³/mol. The summed E-state index contributed by atoms with van der Waals surface area (Å²) < 4.78 is 2.16. The van der Waals surface area contributed by atoms with Crippen molar-refractivity contribution in [2.24, 2.45) is 0 Å². The molecule has 0 aliphatic carbocycles. The van der Waals surface area contributed by atoms with Gasteiger partial charge >= 0.3 is 0 Å². The van der Waals surface area contributed by atoms with Crippen LogP contribution in [0.3, 0.4) is 0 Å². The van der Waals surface area contributed by atoms with Crippen molar-refractivity contribution in [1.82, 2.24) is 4.57 Å². The molecule has 1 saturated heterocycles. The minimum absolute atomic E-state index is 0.242. The molecule has 1 aliphatic heterocycles. The molecule has 0 amide bonds. The van der Waals surface area contributed by atoms with Crippen LogP contribution in [0.15, 0.2) is 36.5 Å². The zero-order valence-corrected chi connectivity index (χ0v) is 10.7. The number of hydrogen-bond acceptors (Lipinski definition) is 1. The third-order valence-electron chi connectivity index (χ3n) is 3.92. The van der Waals surface area contributed by atoms with Gasteiger partial charge in [0.1, 0.15) is 12.6 Å². The number of benzene rings is 1. The van der Waals surface area contributed by atoms with Crippen molar-refractivity contribution in [2.45, 2.75) is 25.5 Å². The first kappa shape index (κ1) is 11.8. The number of nitrogens with zero attached hydrogens (tertiary/aromatic N) is 1. The number of quaternary nitrogens is 1. The first-order valence-electron chi connectivity index (χ1n) is 6.88. The molecule has 1 aromatic carbocycles. The molecule has 96 valence electrons. The molecular weight excluding hydrogens is 224 g/mol. The molecule has 0 bridgehead atoms. The fraction of sp³-hybridized carbons (Fsp3) is 0.467. The molecule has 0 spiro atoms. The average molecular weight is 245 g/mol. The third-order valence-corrected chi connectivity index (χ3v) is 3.92. The Morgan fingerprint density at radius 1 is 1.17 bits per heavy atom. The number of fused-ring (bicyclic) bond motifs is 1. The van der Waals surface area contributed by atoms with Crippen molar-refractivity contribution in [3.8, 4) is 0 Å². The molecule has 3 nitrogen and oxygen atoms in total. The first-order chi connectivity index (χ1) is 8.83. The lowest BCUT2D eigenvalue weighted by molar-refractivity contribution is -0.890. The maximum Gasteiger partial charge on any atom is 0.121 e. The van der Waals surface area contributed by atoms with E-state index >= 15 is 0 Å². The van der Waals surface area contributed by atoms with Gasteiger partial charge in [-0.05, 0) is 17.5 Å². The van der Waals surface area contributed by atoms with Gasteiger partial charge in [-0.3, -0.25) is 0 Å². The molecule has 1 atom stereocenters. The van der Waals surface area contributed by atoms with E-state index in [0.29, 0.717) is 6.54 Å². The highest BCUT2D eigenvalue weighted by atomic mass is 16.3. The molecule has 0 unspecified atom stereocenters. The van der Waals surface area contributed by atoms with Crippen LogP contribution >= 0.6 is 0 Å². The Balaban J connectivity index is 1.67. The molecule has 2 aromatic rings. The maximum absolute atomic E-state index is 10.2. The number of aromatic nitrogens is 1. The molecular formula is C15H21N2O+. The van der Waals surface area contributed by atoms with Crippen molar-refractivity contribution in [3.05, 3.63) is 36.5 Å². The van der Waals surface area contributed by atoms with Crippen molar-refractivity contribution in [2.75, 3.05) is 19.6 Å². The fourth-order valence-corrected chi connectivity index (χ4v) is 3.00.